The number of nitrogens with zero attached hydrogens (tertiary/aromatic N) is 2. The molecule has 0 spiro atoms. The van der Waals surface area contributed by atoms with E-state index in [-0.39, 0.29) is 17.5 Å². The van der Waals surface area contributed by atoms with E-state index in [1.165, 1.54) is 0 Å². The maximum Gasteiger partial charge on any atom is 0.242 e. The second-order valence-electron chi connectivity index (χ2n) is 5.99. The summed E-state index contributed by atoms with van der Waals surface area (Å²) in [5.74, 6) is 0.0565. The van der Waals surface area contributed by atoms with Gasteiger partial charge in [0.1, 0.15) is 6.04 Å². The van der Waals surface area contributed by atoms with Crippen LogP contribution in [0.2, 0.25) is 0 Å². The normalized spacial score (nSPS) is 17.3. The third kappa shape index (κ3) is 3.24. The van der Waals surface area contributed by atoms with E-state index >= 15 is 0 Å². The van der Waals surface area contributed by atoms with Crippen LogP contribution in [-0.2, 0) is 10.3 Å². The Morgan fingerprint density at radius 1 is 1.50 bits per heavy atom. The summed E-state index contributed by atoms with van der Waals surface area (Å²) in [5.41, 5.74) is 0.836. The van der Waals surface area contributed by atoms with Gasteiger partial charge in [-0.15, -0.1) is 0 Å². The predicted octanol–water partition coefficient (Wildman–Crippen LogP) is 1.72. The van der Waals surface area contributed by atoms with E-state index < -0.39 is 0 Å². The van der Waals surface area contributed by atoms with Crippen molar-refractivity contribution in [1.29, 1.82) is 0 Å². The molecular formula is C13H22N4O. The molecule has 1 heterocycles. The number of rotatable bonds is 4. The van der Waals surface area contributed by atoms with Crippen molar-refractivity contribution in [2.24, 2.45) is 0 Å². The number of nitrogens with one attached hydrogen (secondary N) is 2. The SMILES string of the molecule is C[C@H](Nc1cnn(C(C)(C)C)c1)C(=O)NC1CC1. The number of aromatic nitrogens is 2. The minimum atomic E-state index is -0.233. The second-order valence-corrected chi connectivity index (χ2v) is 5.99. The second kappa shape index (κ2) is 4.63. The molecule has 18 heavy (non-hydrogen) atoms. The molecule has 5 nitrogen and oxygen atoms in total. The van der Waals surface area contributed by atoms with Crippen molar-refractivity contribution in [2.45, 2.75) is 58.2 Å². The maximum absolute atomic E-state index is 11.8. The Morgan fingerprint density at radius 2 is 2.17 bits per heavy atom. The van der Waals surface area contributed by atoms with Crippen LogP contribution >= 0.6 is 0 Å². The Bertz CT molecular complexity index is 428. The van der Waals surface area contributed by atoms with Crippen LogP contribution < -0.4 is 10.6 Å². The van der Waals surface area contributed by atoms with Gasteiger partial charge < -0.3 is 10.6 Å². The summed E-state index contributed by atoms with van der Waals surface area (Å²) in [6.07, 6.45) is 5.91. The molecular weight excluding hydrogens is 228 g/mol. The highest BCUT2D eigenvalue weighted by Crippen LogP contribution is 2.19. The number of carbonyl (C=O) groups excluding carboxylic acids is 1. The first-order valence-electron chi connectivity index (χ1n) is 6.48. The van der Waals surface area contributed by atoms with Crippen molar-refractivity contribution in [3.63, 3.8) is 0 Å². The van der Waals surface area contributed by atoms with Crippen molar-refractivity contribution in [3.05, 3.63) is 12.4 Å². The average Bonchev–Trinajstić information content (AvgIpc) is 2.92. The molecule has 1 aliphatic carbocycles. The molecule has 2 rings (SSSR count). The summed E-state index contributed by atoms with van der Waals surface area (Å²) in [4.78, 5) is 11.8. The minimum Gasteiger partial charge on any atom is -0.371 e. The quantitative estimate of drug-likeness (QED) is 0.855. The molecule has 1 saturated carbocycles. The molecule has 0 bridgehead atoms. The number of amides is 1. The minimum absolute atomic E-state index is 0.0422. The number of hydrogen-bond donors (Lipinski definition) is 2. The molecule has 0 saturated heterocycles. The Balaban J connectivity index is 1.91. The fourth-order valence-electron chi connectivity index (χ4n) is 1.63. The monoisotopic (exact) mass is 250 g/mol. The number of hydrogen-bond acceptors (Lipinski definition) is 3. The lowest BCUT2D eigenvalue weighted by atomic mass is 10.1. The molecule has 0 aliphatic heterocycles. The molecule has 1 aromatic heterocycles. The predicted molar refractivity (Wildman–Crippen MR) is 71.5 cm³/mol. The first-order chi connectivity index (χ1) is 8.36. The summed E-state index contributed by atoms with van der Waals surface area (Å²) < 4.78 is 1.89. The van der Waals surface area contributed by atoms with Gasteiger partial charge in [0.25, 0.3) is 0 Å². The average molecular weight is 250 g/mol. The first-order valence-corrected chi connectivity index (χ1v) is 6.48. The summed E-state index contributed by atoms with van der Waals surface area (Å²) >= 11 is 0. The van der Waals surface area contributed by atoms with Gasteiger partial charge in [-0.05, 0) is 40.5 Å². The fraction of sp³-hybridized carbons (Fsp3) is 0.692. The van der Waals surface area contributed by atoms with Crippen molar-refractivity contribution in [1.82, 2.24) is 15.1 Å². The highest BCUT2D eigenvalue weighted by molar-refractivity contribution is 5.84. The zero-order chi connectivity index (χ0) is 13.3. The van der Waals surface area contributed by atoms with E-state index in [1.54, 1.807) is 6.20 Å². The molecule has 0 unspecified atom stereocenters. The molecule has 5 heteroatoms. The molecule has 100 valence electrons. The standard InChI is InChI=1S/C13H22N4O/c1-9(12(18)16-10-5-6-10)15-11-7-14-17(8-11)13(2,3)4/h7-10,15H,5-6H2,1-4H3,(H,16,18)/t9-/m0/s1. The van der Waals surface area contributed by atoms with E-state index in [0.29, 0.717) is 6.04 Å². The number of anilines is 1. The molecule has 1 aromatic rings. The Morgan fingerprint density at radius 3 is 2.67 bits per heavy atom. The Labute approximate surface area is 108 Å². The van der Waals surface area contributed by atoms with Crippen LogP contribution in [0.1, 0.15) is 40.5 Å². The van der Waals surface area contributed by atoms with Crippen LogP contribution in [0.25, 0.3) is 0 Å². The molecule has 0 radical (unpaired) electrons. The zero-order valence-electron chi connectivity index (χ0n) is 11.5. The van der Waals surface area contributed by atoms with Crippen LogP contribution in [0, 0.1) is 0 Å². The smallest absolute Gasteiger partial charge is 0.242 e. The third-order valence-electron chi connectivity index (χ3n) is 2.97. The van der Waals surface area contributed by atoms with Gasteiger partial charge in [-0.3, -0.25) is 9.48 Å². The van der Waals surface area contributed by atoms with Crippen LogP contribution in [0.4, 0.5) is 5.69 Å². The van der Waals surface area contributed by atoms with Gasteiger partial charge in [-0.1, -0.05) is 0 Å². The lowest BCUT2D eigenvalue weighted by Crippen LogP contribution is -2.38. The van der Waals surface area contributed by atoms with Crippen molar-refractivity contribution < 1.29 is 4.79 Å². The summed E-state index contributed by atoms with van der Waals surface area (Å²) in [7, 11) is 0. The molecule has 0 aromatic carbocycles. The summed E-state index contributed by atoms with van der Waals surface area (Å²) in [5, 5.41) is 10.4. The van der Waals surface area contributed by atoms with Gasteiger partial charge in [0.15, 0.2) is 0 Å². The van der Waals surface area contributed by atoms with Gasteiger partial charge in [0, 0.05) is 12.2 Å². The Kier molecular flexibility index (Phi) is 3.32. The fourth-order valence-corrected chi connectivity index (χ4v) is 1.63. The molecule has 1 fully saturated rings. The lowest BCUT2D eigenvalue weighted by molar-refractivity contribution is -0.121. The maximum atomic E-state index is 11.8. The molecule has 2 N–H and O–H groups in total. The van der Waals surface area contributed by atoms with Crippen LogP contribution in [0.3, 0.4) is 0 Å². The van der Waals surface area contributed by atoms with E-state index in [4.69, 9.17) is 0 Å². The first kappa shape index (κ1) is 12.9. The van der Waals surface area contributed by atoms with E-state index in [2.05, 4.69) is 36.5 Å². The lowest BCUT2D eigenvalue weighted by Gasteiger charge is -2.19. The summed E-state index contributed by atoms with van der Waals surface area (Å²) in [6, 6.07) is 0.169. The topological polar surface area (TPSA) is 59.0 Å². The van der Waals surface area contributed by atoms with Crippen LogP contribution in [0.5, 0.6) is 0 Å². The largest absolute Gasteiger partial charge is 0.371 e. The molecule has 1 aliphatic rings. The number of carbonyl (C=O) groups is 1. The van der Waals surface area contributed by atoms with Crippen LogP contribution in [-0.4, -0.2) is 27.8 Å². The van der Waals surface area contributed by atoms with Crippen molar-refractivity contribution >= 4 is 11.6 Å². The van der Waals surface area contributed by atoms with Gasteiger partial charge in [0.05, 0.1) is 17.4 Å². The highest BCUT2D eigenvalue weighted by Gasteiger charge is 2.25. The van der Waals surface area contributed by atoms with Crippen molar-refractivity contribution in [2.75, 3.05) is 5.32 Å². The zero-order valence-corrected chi connectivity index (χ0v) is 11.5. The van der Waals surface area contributed by atoms with E-state index in [9.17, 15) is 4.79 Å². The van der Waals surface area contributed by atoms with Crippen LogP contribution in [0.15, 0.2) is 12.4 Å². The van der Waals surface area contributed by atoms with Gasteiger partial charge >= 0.3 is 0 Å². The van der Waals surface area contributed by atoms with Crippen molar-refractivity contribution in [3.8, 4) is 0 Å². The summed E-state index contributed by atoms with van der Waals surface area (Å²) in [6.45, 7) is 8.14. The highest BCUT2D eigenvalue weighted by atomic mass is 16.2. The third-order valence-corrected chi connectivity index (χ3v) is 2.97. The molecule has 1 atom stereocenters. The van der Waals surface area contributed by atoms with E-state index in [0.717, 1.165) is 18.5 Å². The molecule has 1 amide bonds. The Hall–Kier alpha value is -1.52. The van der Waals surface area contributed by atoms with E-state index in [1.807, 2.05) is 17.8 Å². The van der Waals surface area contributed by atoms with Gasteiger partial charge in [-0.2, -0.15) is 5.10 Å². The van der Waals surface area contributed by atoms with Gasteiger partial charge in [0.2, 0.25) is 5.91 Å². The van der Waals surface area contributed by atoms with Gasteiger partial charge in [-0.25, -0.2) is 0 Å².